The van der Waals surface area contributed by atoms with Crippen LogP contribution in [0.4, 0.5) is 4.39 Å². The van der Waals surface area contributed by atoms with Crippen LogP contribution in [0.2, 0.25) is 5.02 Å². The van der Waals surface area contributed by atoms with Gasteiger partial charge in [0.1, 0.15) is 5.82 Å². The van der Waals surface area contributed by atoms with Crippen molar-refractivity contribution in [1.82, 2.24) is 15.2 Å². The third-order valence-electron chi connectivity index (χ3n) is 3.66. The van der Waals surface area contributed by atoms with Gasteiger partial charge in [-0.15, -0.1) is 0 Å². The highest BCUT2D eigenvalue weighted by molar-refractivity contribution is 6.30. The zero-order valence-electron chi connectivity index (χ0n) is 12.2. The maximum absolute atomic E-state index is 14.0. The molecule has 21 heavy (non-hydrogen) atoms. The summed E-state index contributed by atoms with van der Waals surface area (Å²) in [4.78, 5) is 0. The Morgan fingerprint density at radius 2 is 2.19 bits per heavy atom. The zero-order valence-corrected chi connectivity index (χ0v) is 12.9. The number of benzene rings is 1. The van der Waals surface area contributed by atoms with Crippen LogP contribution in [0, 0.1) is 5.82 Å². The SMILES string of the molecule is CCC(C)n1ccc(CC(NN)c2ccc(Cl)cc2F)n1. The van der Waals surface area contributed by atoms with Gasteiger partial charge in [-0.2, -0.15) is 5.10 Å². The van der Waals surface area contributed by atoms with E-state index in [0.29, 0.717) is 23.0 Å². The van der Waals surface area contributed by atoms with Gasteiger partial charge >= 0.3 is 0 Å². The Hall–Kier alpha value is -1.43. The molecule has 0 aliphatic carbocycles. The first-order chi connectivity index (χ1) is 10.0. The maximum Gasteiger partial charge on any atom is 0.129 e. The average Bonchev–Trinajstić information content (AvgIpc) is 2.93. The lowest BCUT2D eigenvalue weighted by molar-refractivity contribution is 0.463. The molecule has 0 aliphatic rings. The minimum absolute atomic E-state index is 0.343. The van der Waals surface area contributed by atoms with Crippen LogP contribution in [-0.2, 0) is 6.42 Å². The van der Waals surface area contributed by atoms with E-state index in [1.165, 1.54) is 6.07 Å². The molecular formula is C15H20ClFN4. The topological polar surface area (TPSA) is 55.9 Å². The van der Waals surface area contributed by atoms with E-state index in [1.807, 2.05) is 16.9 Å². The second-order valence-electron chi connectivity index (χ2n) is 5.13. The predicted molar refractivity (Wildman–Crippen MR) is 82.4 cm³/mol. The predicted octanol–water partition coefficient (Wildman–Crippen LogP) is 3.39. The second-order valence-corrected chi connectivity index (χ2v) is 5.57. The Balaban J connectivity index is 2.17. The molecule has 4 nitrogen and oxygen atoms in total. The second kappa shape index (κ2) is 7.02. The molecular weight excluding hydrogens is 291 g/mol. The Kier molecular flexibility index (Phi) is 5.33. The molecule has 3 N–H and O–H groups in total. The van der Waals surface area contributed by atoms with Crippen LogP contribution < -0.4 is 11.3 Å². The molecule has 0 amide bonds. The normalized spacial score (nSPS) is 14.1. The van der Waals surface area contributed by atoms with Gasteiger partial charge in [0.05, 0.1) is 11.7 Å². The van der Waals surface area contributed by atoms with Crippen molar-refractivity contribution in [2.24, 2.45) is 5.84 Å². The highest BCUT2D eigenvalue weighted by Gasteiger charge is 2.17. The highest BCUT2D eigenvalue weighted by atomic mass is 35.5. The van der Waals surface area contributed by atoms with Gasteiger partial charge in [0.15, 0.2) is 0 Å². The molecule has 1 aromatic carbocycles. The largest absolute Gasteiger partial charge is 0.271 e. The summed E-state index contributed by atoms with van der Waals surface area (Å²) in [5.74, 6) is 5.20. The molecule has 0 spiro atoms. The molecule has 6 heteroatoms. The lowest BCUT2D eigenvalue weighted by Crippen LogP contribution is -2.30. The molecule has 0 aliphatic heterocycles. The van der Waals surface area contributed by atoms with Crippen molar-refractivity contribution in [1.29, 1.82) is 0 Å². The molecule has 2 aromatic rings. The van der Waals surface area contributed by atoms with E-state index in [1.54, 1.807) is 12.1 Å². The molecule has 114 valence electrons. The van der Waals surface area contributed by atoms with E-state index in [0.717, 1.165) is 12.1 Å². The molecule has 0 saturated heterocycles. The number of nitrogens with zero attached hydrogens (tertiary/aromatic N) is 2. The van der Waals surface area contributed by atoms with Gasteiger partial charge in [0.2, 0.25) is 0 Å². The number of aromatic nitrogens is 2. The van der Waals surface area contributed by atoms with Crippen LogP contribution in [0.15, 0.2) is 30.5 Å². The number of hydrogen-bond acceptors (Lipinski definition) is 3. The summed E-state index contributed by atoms with van der Waals surface area (Å²) in [7, 11) is 0. The molecule has 2 rings (SSSR count). The molecule has 0 fully saturated rings. The molecule has 2 unspecified atom stereocenters. The summed E-state index contributed by atoms with van der Waals surface area (Å²) in [5.41, 5.74) is 4.00. The molecule has 0 radical (unpaired) electrons. The van der Waals surface area contributed by atoms with Gasteiger partial charge < -0.3 is 0 Å². The van der Waals surface area contributed by atoms with Crippen molar-refractivity contribution >= 4 is 11.6 Å². The number of rotatable bonds is 6. The zero-order chi connectivity index (χ0) is 15.4. The Morgan fingerprint density at radius 3 is 2.81 bits per heavy atom. The van der Waals surface area contributed by atoms with E-state index >= 15 is 0 Å². The van der Waals surface area contributed by atoms with Gasteiger partial charge in [0.25, 0.3) is 0 Å². The van der Waals surface area contributed by atoms with Crippen molar-refractivity contribution in [3.63, 3.8) is 0 Å². The van der Waals surface area contributed by atoms with Gasteiger partial charge in [-0.05, 0) is 31.5 Å². The summed E-state index contributed by atoms with van der Waals surface area (Å²) < 4.78 is 15.9. The van der Waals surface area contributed by atoms with E-state index in [4.69, 9.17) is 17.4 Å². The van der Waals surface area contributed by atoms with Gasteiger partial charge in [-0.25, -0.2) is 4.39 Å². The van der Waals surface area contributed by atoms with Gasteiger partial charge in [-0.3, -0.25) is 16.0 Å². The third kappa shape index (κ3) is 3.81. The first-order valence-corrected chi connectivity index (χ1v) is 7.38. The molecule has 0 saturated carbocycles. The van der Waals surface area contributed by atoms with Gasteiger partial charge in [0, 0.05) is 29.2 Å². The number of hydrogen-bond donors (Lipinski definition) is 2. The van der Waals surface area contributed by atoms with Crippen LogP contribution >= 0.6 is 11.6 Å². The first-order valence-electron chi connectivity index (χ1n) is 7.00. The lowest BCUT2D eigenvalue weighted by atomic mass is 10.0. The average molecular weight is 311 g/mol. The highest BCUT2D eigenvalue weighted by Crippen LogP contribution is 2.23. The van der Waals surface area contributed by atoms with Crippen molar-refractivity contribution < 1.29 is 4.39 Å². The lowest BCUT2D eigenvalue weighted by Gasteiger charge is -2.16. The fourth-order valence-corrected chi connectivity index (χ4v) is 2.33. The van der Waals surface area contributed by atoms with Crippen LogP contribution in [-0.4, -0.2) is 9.78 Å². The molecule has 2 atom stereocenters. The van der Waals surface area contributed by atoms with E-state index in [9.17, 15) is 4.39 Å². The van der Waals surface area contributed by atoms with E-state index < -0.39 is 0 Å². The number of nitrogens with one attached hydrogen (secondary N) is 1. The van der Waals surface area contributed by atoms with Crippen molar-refractivity contribution in [3.05, 3.63) is 52.6 Å². The number of hydrazine groups is 1. The number of halogens is 2. The maximum atomic E-state index is 14.0. The standard InChI is InChI=1S/C15H20ClFN4/c1-3-10(2)21-7-6-12(20-21)9-15(19-18)13-5-4-11(16)8-14(13)17/h4-8,10,15,19H,3,9,18H2,1-2H3. The summed E-state index contributed by atoms with van der Waals surface area (Å²) in [6, 6.07) is 6.53. The summed E-state index contributed by atoms with van der Waals surface area (Å²) >= 11 is 5.77. The number of nitrogens with two attached hydrogens (primary N) is 1. The van der Waals surface area contributed by atoms with Gasteiger partial charge in [-0.1, -0.05) is 24.6 Å². The van der Waals surface area contributed by atoms with Crippen LogP contribution in [0.3, 0.4) is 0 Å². The molecule has 1 aromatic heterocycles. The monoisotopic (exact) mass is 310 g/mol. The minimum Gasteiger partial charge on any atom is -0.271 e. The van der Waals surface area contributed by atoms with Crippen LogP contribution in [0.5, 0.6) is 0 Å². The summed E-state index contributed by atoms with van der Waals surface area (Å²) in [6.45, 7) is 4.22. The van der Waals surface area contributed by atoms with Crippen LogP contribution in [0.1, 0.15) is 43.6 Å². The molecule has 0 bridgehead atoms. The first kappa shape index (κ1) is 15.9. The smallest absolute Gasteiger partial charge is 0.129 e. The van der Waals surface area contributed by atoms with Crippen molar-refractivity contribution in [3.8, 4) is 0 Å². The third-order valence-corrected chi connectivity index (χ3v) is 3.89. The van der Waals surface area contributed by atoms with E-state index in [-0.39, 0.29) is 11.9 Å². The summed E-state index contributed by atoms with van der Waals surface area (Å²) in [5, 5.41) is 4.88. The Bertz CT molecular complexity index is 599. The fraction of sp³-hybridized carbons (Fsp3) is 0.400. The van der Waals surface area contributed by atoms with Crippen molar-refractivity contribution in [2.45, 2.75) is 38.8 Å². The molecule has 1 heterocycles. The minimum atomic E-state index is -0.369. The quantitative estimate of drug-likeness (QED) is 0.635. The Labute approximate surface area is 129 Å². The van der Waals surface area contributed by atoms with Crippen LogP contribution in [0.25, 0.3) is 0 Å². The summed E-state index contributed by atoms with van der Waals surface area (Å²) in [6.07, 6.45) is 3.46. The van der Waals surface area contributed by atoms with E-state index in [2.05, 4.69) is 24.4 Å². The van der Waals surface area contributed by atoms with Crippen molar-refractivity contribution in [2.75, 3.05) is 0 Å². The fourth-order valence-electron chi connectivity index (χ4n) is 2.17. The Morgan fingerprint density at radius 1 is 1.43 bits per heavy atom.